The first-order valence-electron chi connectivity index (χ1n) is 5.68. The van der Waals surface area contributed by atoms with Crippen LogP contribution in [-0.4, -0.2) is 17.8 Å². The molecule has 1 aliphatic heterocycles. The fraction of sp³-hybridized carbons (Fsp3) is 0.231. The highest BCUT2D eigenvalue weighted by atomic mass is 35.5. The molecular weight excluding hydrogens is 282 g/mol. The van der Waals surface area contributed by atoms with Gasteiger partial charge in [-0.15, -0.1) is 0 Å². The van der Waals surface area contributed by atoms with E-state index < -0.39 is 23.3 Å². The molecule has 1 N–H and O–H groups in total. The summed E-state index contributed by atoms with van der Waals surface area (Å²) in [5.41, 5.74) is -0.915. The molecule has 0 spiro atoms. The van der Waals surface area contributed by atoms with Crippen LogP contribution in [0.4, 0.5) is 10.5 Å². The third-order valence-electron chi connectivity index (χ3n) is 3.06. The lowest BCUT2D eigenvalue weighted by Gasteiger charge is -2.34. The van der Waals surface area contributed by atoms with Gasteiger partial charge in [0.15, 0.2) is 0 Å². The summed E-state index contributed by atoms with van der Waals surface area (Å²) in [7, 11) is 0. The number of benzene rings is 1. The number of carbonyl (C=O) groups excluding carboxylic acids is 3. The first-order valence-corrected chi connectivity index (χ1v) is 6.06. The van der Waals surface area contributed by atoms with E-state index in [0.29, 0.717) is 0 Å². The molecule has 7 heteroatoms. The van der Waals surface area contributed by atoms with E-state index in [0.717, 1.165) is 4.90 Å². The van der Waals surface area contributed by atoms with Crippen LogP contribution >= 0.6 is 11.6 Å². The van der Waals surface area contributed by atoms with Gasteiger partial charge in [-0.3, -0.25) is 14.9 Å². The lowest BCUT2D eigenvalue weighted by atomic mass is 9.88. The van der Waals surface area contributed by atoms with E-state index in [2.05, 4.69) is 5.32 Å². The number of urea groups is 1. The molecule has 0 saturated carbocycles. The molecule has 1 aromatic rings. The highest BCUT2D eigenvalue weighted by molar-refractivity contribution is 6.33. The van der Waals surface area contributed by atoms with Crippen molar-refractivity contribution in [3.8, 4) is 6.07 Å². The number of nitrogens with one attached hydrogen (secondary N) is 1. The second-order valence-corrected chi connectivity index (χ2v) is 5.21. The smallest absolute Gasteiger partial charge is 0.276 e. The van der Waals surface area contributed by atoms with Crippen molar-refractivity contribution < 1.29 is 14.4 Å². The highest BCUT2D eigenvalue weighted by Gasteiger charge is 2.47. The number of amides is 4. The van der Waals surface area contributed by atoms with Crippen molar-refractivity contribution in [3.63, 3.8) is 0 Å². The first-order chi connectivity index (χ1) is 9.28. The number of nitriles is 1. The van der Waals surface area contributed by atoms with Crippen molar-refractivity contribution in [2.24, 2.45) is 5.41 Å². The number of nitrogens with zero attached hydrogens (tertiary/aromatic N) is 2. The number of barbiturate groups is 1. The molecule has 20 heavy (non-hydrogen) atoms. The Balaban J connectivity index is 2.49. The second kappa shape index (κ2) is 4.62. The number of imide groups is 2. The first kappa shape index (κ1) is 14.0. The largest absolute Gasteiger partial charge is 0.335 e. The fourth-order valence-electron chi connectivity index (χ4n) is 1.75. The van der Waals surface area contributed by atoms with Gasteiger partial charge in [-0.1, -0.05) is 11.6 Å². The average Bonchev–Trinajstić information content (AvgIpc) is 2.37. The van der Waals surface area contributed by atoms with E-state index in [1.807, 2.05) is 6.07 Å². The number of carbonyl (C=O) groups is 3. The maximum absolute atomic E-state index is 12.3. The van der Waals surface area contributed by atoms with Gasteiger partial charge in [0, 0.05) is 0 Å². The van der Waals surface area contributed by atoms with Crippen LogP contribution in [0, 0.1) is 16.7 Å². The summed E-state index contributed by atoms with van der Waals surface area (Å²) in [5.74, 6) is -1.30. The molecule has 0 radical (unpaired) electrons. The molecule has 1 fully saturated rings. The monoisotopic (exact) mass is 291 g/mol. The van der Waals surface area contributed by atoms with Crippen molar-refractivity contribution >= 4 is 35.1 Å². The van der Waals surface area contributed by atoms with Crippen LogP contribution in [0.1, 0.15) is 19.4 Å². The maximum atomic E-state index is 12.3. The topological polar surface area (TPSA) is 90.3 Å². The quantitative estimate of drug-likeness (QED) is 0.799. The van der Waals surface area contributed by atoms with E-state index in [1.54, 1.807) is 0 Å². The summed E-state index contributed by atoms with van der Waals surface area (Å²) in [6.07, 6.45) is 0. The Hall–Kier alpha value is -2.39. The third-order valence-corrected chi connectivity index (χ3v) is 3.37. The molecule has 4 amide bonds. The van der Waals surface area contributed by atoms with E-state index in [4.69, 9.17) is 16.9 Å². The molecule has 0 unspecified atom stereocenters. The molecular formula is C13H10ClN3O3. The van der Waals surface area contributed by atoms with Gasteiger partial charge in [0.05, 0.1) is 16.3 Å². The molecule has 1 heterocycles. The highest BCUT2D eigenvalue weighted by Crippen LogP contribution is 2.30. The number of rotatable bonds is 1. The molecule has 1 aliphatic rings. The van der Waals surface area contributed by atoms with Crippen LogP contribution < -0.4 is 10.2 Å². The van der Waals surface area contributed by atoms with E-state index in [1.165, 1.54) is 32.0 Å². The zero-order valence-electron chi connectivity index (χ0n) is 10.7. The van der Waals surface area contributed by atoms with Crippen molar-refractivity contribution in [1.29, 1.82) is 5.26 Å². The summed E-state index contributed by atoms with van der Waals surface area (Å²) in [5, 5.41) is 11.0. The summed E-state index contributed by atoms with van der Waals surface area (Å²) >= 11 is 5.88. The van der Waals surface area contributed by atoms with Gasteiger partial charge in [0.1, 0.15) is 11.5 Å². The molecule has 0 aliphatic carbocycles. The van der Waals surface area contributed by atoms with Crippen LogP contribution in [-0.2, 0) is 9.59 Å². The Morgan fingerprint density at radius 1 is 1.30 bits per heavy atom. The molecule has 1 saturated heterocycles. The molecule has 2 rings (SSSR count). The Kier molecular flexibility index (Phi) is 3.24. The molecule has 6 nitrogen and oxygen atoms in total. The normalized spacial score (nSPS) is 17.7. The van der Waals surface area contributed by atoms with Crippen molar-refractivity contribution in [1.82, 2.24) is 5.32 Å². The lowest BCUT2D eigenvalue weighted by Crippen LogP contribution is -2.62. The van der Waals surface area contributed by atoms with E-state index >= 15 is 0 Å². The Bertz CT molecular complexity index is 676. The van der Waals surface area contributed by atoms with Crippen LogP contribution in [0.3, 0.4) is 0 Å². The van der Waals surface area contributed by atoms with Gasteiger partial charge in [-0.05, 0) is 32.0 Å². The predicted molar refractivity (Wildman–Crippen MR) is 71.0 cm³/mol. The zero-order valence-corrected chi connectivity index (χ0v) is 11.5. The number of hydrogen-bond donors (Lipinski definition) is 1. The molecule has 0 atom stereocenters. The van der Waals surface area contributed by atoms with Crippen LogP contribution in [0.5, 0.6) is 0 Å². The lowest BCUT2D eigenvalue weighted by molar-refractivity contribution is -0.140. The van der Waals surface area contributed by atoms with Gasteiger partial charge < -0.3 is 0 Å². The van der Waals surface area contributed by atoms with Crippen molar-refractivity contribution in [2.75, 3.05) is 4.90 Å². The summed E-state index contributed by atoms with van der Waals surface area (Å²) < 4.78 is 0. The Labute approximate surface area is 119 Å². The van der Waals surface area contributed by atoms with Gasteiger partial charge in [0.2, 0.25) is 11.8 Å². The number of halogens is 1. The average molecular weight is 292 g/mol. The minimum atomic E-state index is -1.35. The van der Waals surface area contributed by atoms with Crippen LogP contribution in [0.15, 0.2) is 18.2 Å². The fourth-order valence-corrected chi connectivity index (χ4v) is 1.96. The van der Waals surface area contributed by atoms with Crippen LogP contribution in [0.25, 0.3) is 0 Å². The van der Waals surface area contributed by atoms with E-state index in [-0.39, 0.29) is 16.3 Å². The van der Waals surface area contributed by atoms with Gasteiger partial charge in [-0.25, -0.2) is 9.69 Å². The Morgan fingerprint density at radius 2 is 1.95 bits per heavy atom. The van der Waals surface area contributed by atoms with Crippen molar-refractivity contribution in [2.45, 2.75) is 13.8 Å². The maximum Gasteiger partial charge on any atom is 0.335 e. The molecule has 1 aromatic carbocycles. The minimum Gasteiger partial charge on any atom is -0.276 e. The van der Waals surface area contributed by atoms with Gasteiger partial charge >= 0.3 is 6.03 Å². The SMILES string of the molecule is CC1(C)C(=O)NC(=O)N(c2ccc(C#N)c(Cl)c2)C1=O. The zero-order chi connectivity index (χ0) is 15.1. The summed E-state index contributed by atoms with van der Waals surface area (Å²) in [4.78, 5) is 36.6. The van der Waals surface area contributed by atoms with Gasteiger partial charge in [-0.2, -0.15) is 5.26 Å². The third kappa shape index (κ3) is 2.02. The number of hydrogen-bond acceptors (Lipinski definition) is 4. The number of anilines is 1. The molecule has 0 bridgehead atoms. The van der Waals surface area contributed by atoms with Gasteiger partial charge in [0.25, 0.3) is 0 Å². The molecule has 102 valence electrons. The van der Waals surface area contributed by atoms with Crippen LogP contribution in [0.2, 0.25) is 5.02 Å². The second-order valence-electron chi connectivity index (χ2n) is 4.80. The predicted octanol–water partition coefficient (Wildman–Crippen LogP) is 1.82. The minimum absolute atomic E-state index is 0.125. The van der Waals surface area contributed by atoms with E-state index in [9.17, 15) is 14.4 Å². The summed E-state index contributed by atoms with van der Waals surface area (Å²) in [6.45, 7) is 2.85. The molecule has 0 aromatic heterocycles. The van der Waals surface area contributed by atoms with Crippen molar-refractivity contribution in [3.05, 3.63) is 28.8 Å². The Morgan fingerprint density at radius 3 is 2.50 bits per heavy atom. The summed E-state index contributed by atoms with van der Waals surface area (Å²) in [6, 6.07) is 5.21. The standard InChI is InChI=1S/C13H10ClN3O3/c1-13(2)10(18)16-12(20)17(11(13)19)8-4-3-7(6-15)9(14)5-8/h3-5H,1-2H3,(H,16,18,20).